The van der Waals surface area contributed by atoms with Crippen LogP contribution in [-0.4, -0.2) is 22.6 Å². The van der Waals surface area contributed by atoms with Gasteiger partial charge in [-0.2, -0.15) is 0 Å². The minimum absolute atomic E-state index is 0.830. The molecule has 0 unspecified atom stereocenters. The molecule has 19 heavy (non-hydrogen) atoms. The Morgan fingerprint density at radius 2 is 2.32 bits per heavy atom. The van der Waals surface area contributed by atoms with E-state index in [1.807, 2.05) is 18.2 Å². The Morgan fingerprint density at radius 1 is 1.42 bits per heavy atom. The zero-order chi connectivity index (χ0) is 13.5. The number of nitrogens with zero attached hydrogens (tertiary/aromatic N) is 1. The minimum atomic E-state index is -0.884. The van der Waals surface area contributed by atoms with Crippen molar-refractivity contribution >= 4 is 11.8 Å². The van der Waals surface area contributed by atoms with E-state index in [2.05, 4.69) is 10.3 Å². The van der Waals surface area contributed by atoms with Gasteiger partial charge in [-0.15, -0.1) is 0 Å². The second-order valence-electron chi connectivity index (χ2n) is 4.55. The number of carboxylic acids is 1. The van der Waals surface area contributed by atoms with Crippen molar-refractivity contribution in [3.63, 3.8) is 0 Å². The highest BCUT2D eigenvalue weighted by atomic mass is 16.4. The number of anilines is 1. The molecule has 0 spiro atoms. The normalized spacial score (nSPS) is 15.2. The third-order valence-corrected chi connectivity index (χ3v) is 3.20. The molecule has 4 heteroatoms. The summed E-state index contributed by atoms with van der Waals surface area (Å²) >= 11 is 0. The lowest BCUT2D eigenvalue weighted by molar-refractivity contribution is -0.131. The van der Waals surface area contributed by atoms with Crippen LogP contribution in [-0.2, 0) is 4.79 Å². The molecule has 2 rings (SSSR count). The van der Waals surface area contributed by atoms with E-state index in [1.165, 1.54) is 17.2 Å². The molecule has 0 atom stereocenters. The van der Waals surface area contributed by atoms with Crippen LogP contribution < -0.4 is 5.32 Å². The highest BCUT2D eigenvalue weighted by molar-refractivity contribution is 5.80. The van der Waals surface area contributed by atoms with Crippen LogP contribution in [0.4, 0.5) is 5.82 Å². The maximum absolute atomic E-state index is 10.5. The molecule has 0 radical (unpaired) electrons. The molecule has 1 aliphatic carbocycles. The molecule has 2 N–H and O–H groups in total. The van der Waals surface area contributed by atoms with Gasteiger partial charge >= 0.3 is 5.97 Å². The molecule has 4 nitrogen and oxygen atoms in total. The molecule has 0 aliphatic heterocycles. The van der Waals surface area contributed by atoms with Gasteiger partial charge in [0.2, 0.25) is 0 Å². The van der Waals surface area contributed by atoms with Crippen LogP contribution in [0.1, 0.15) is 25.7 Å². The van der Waals surface area contributed by atoms with Gasteiger partial charge in [-0.3, -0.25) is 0 Å². The van der Waals surface area contributed by atoms with E-state index in [-0.39, 0.29) is 0 Å². The van der Waals surface area contributed by atoms with E-state index in [0.717, 1.165) is 38.0 Å². The fourth-order valence-corrected chi connectivity index (χ4v) is 2.30. The van der Waals surface area contributed by atoms with Crippen molar-refractivity contribution in [1.29, 1.82) is 0 Å². The Kier molecular flexibility index (Phi) is 4.72. The van der Waals surface area contributed by atoms with Gasteiger partial charge in [-0.25, -0.2) is 9.78 Å². The van der Waals surface area contributed by atoms with Crippen molar-refractivity contribution in [3.05, 3.63) is 47.7 Å². The highest BCUT2D eigenvalue weighted by Crippen LogP contribution is 2.29. The summed E-state index contributed by atoms with van der Waals surface area (Å²) in [5, 5.41) is 11.9. The summed E-state index contributed by atoms with van der Waals surface area (Å²) in [6.07, 6.45) is 8.86. The van der Waals surface area contributed by atoms with Gasteiger partial charge in [-0.1, -0.05) is 17.7 Å². The highest BCUT2D eigenvalue weighted by Gasteiger charge is 2.12. The SMILES string of the molecule is O=C(O)/C=C/C1=C(CCNc2ccccn2)CCC1. The number of pyridine rings is 1. The third-order valence-electron chi connectivity index (χ3n) is 3.20. The molecule has 0 aromatic carbocycles. The summed E-state index contributed by atoms with van der Waals surface area (Å²) in [4.78, 5) is 14.7. The lowest BCUT2D eigenvalue weighted by Gasteiger charge is -2.07. The Bertz CT molecular complexity index is 492. The number of hydrogen-bond donors (Lipinski definition) is 2. The number of rotatable bonds is 6. The van der Waals surface area contributed by atoms with Gasteiger partial charge in [0.15, 0.2) is 0 Å². The van der Waals surface area contributed by atoms with Crippen molar-refractivity contribution in [2.45, 2.75) is 25.7 Å². The van der Waals surface area contributed by atoms with E-state index < -0.39 is 5.97 Å². The second-order valence-corrected chi connectivity index (χ2v) is 4.55. The number of carboxylic acid groups (broad SMARTS) is 1. The largest absolute Gasteiger partial charge is 0.478 e. The Morgan fingerprint density at radius 3 is 3.05 bits per heavy atom. The first-order valence-electron chi connectivity index (χ1n) is 6.52. The second kappa shape index (κ2) is 6.73. The first kappa shape index (κ1) is 13.3. The summed E-state index contributed by atoms with van der Waals surface area (Å²) in [6.45, 7) is 0.830. The third kappa shape index (κ3) is 4.25. The summed E-state index contributed by atoms with van der Waals surface area (Å²) < 4.78 is 0. The number of nitrogens with one attached hydrogen (secondary N) is 1. The molecule has 1 aromatic heterocycles. The number of allylic oxidation sites excluding steroid dienone is 2. The molecular weight excluding hydrogens is 240 g/mol. The van der Waals surface area contributed by atoms with E-state index in [0.29, 0.717) is 0 Å². The summed E-state index contributed by atoms with van der Waals surface area (Å²) in [5.41, 5.74) is 2.55. The monoisotopic (exact) mass is 258 g/mol. The average Bonchev–Trinajstić information content (AvgIpc) is 2.85. The van der Waals surface area contributed by atoms with E-state index >= 15 is 0 Å². The first-order chi connectivity index (χ1) is 9.25. The smallest absolute Gasteiger partial charge is 0.328 e. The minimum Gasteiger partial charge on any atom is -0.478 e. The quantitative estimate of drug-likeness (QED) is 0.770. The summed E-state index contributed by atoms with van der Waals surface area (Å²) in [7, 11) is 0. The molecule has 1 aromatic rings. The first-order valence-corrected chi connectivity index (χ1v) is 6.52. The lowest BCUT2D eigenvalue weighted by Crippen LogP contribution is -2.04. The van der Waals surface area contributed by atoms with Gasteiger partial charge in [-0.05, 0) is 43.4 Å². The molecule has 1 heterocycles. The summed E-state index contributed by atoms with van der Waals surface area (Å²) in [5.74, 6) is -0.00548. The molecule has 0 bridgehead atoms. The predicted molar refractivity (Wildman–Crippen MR) is 75.0 cm³/mol. The summed E-state index contributed by atoms with van der Waals surface area (Å²) in [6, 6.07) is 5.78. The predicted octanol–water partition coefficient (Wildman–Crippen LogP) is 3.00. The van der Waals surface area contributed by atoms with Crippen molar-refractivity contribution in [3.8, 4) is 0 Å². The molecule has 0 saturated heterocycles. The van der Waals surface area contributed by atoms with Gasteiger partial charge in [0.1, 0.15) is 5.82 Å². The lowest BCUT2D eigenvalue weighted by atomic mass is 10.1. The standard InChI is InChI=1S/C15H18N2O2/c18-15(19)8-7-12-4-3-5-13(12)9-11-17-14-6-1-2-10-16-14/h1-2,6-8,10H,3-5,9,11H2,(H,16,17)(H,18,19)/b8-7+. The average molecular weight is 258 g/mol. The van der Waals surface area contributed by atoms with Gasteiger partial charge < -0.3 is 10.4 Å². The van der Waals surface area contributed by atoms with Crippen LogP contribution >= 0.6 is 0 Å². The van der Waals surface area contributed by atoms with Crippen LogP contribution in [0.15, 0.2) is 47.7 Å². The Hall–Kier alpha value is -2.10. The number of aliphatic carboxylic acids is 1. The van der Waals surface area contributed by atoms with Crippen LogP contribution in [0, 0.1) is 0 Å². The number of aromatic nitrogens is 1. The number of hydrogen-bond acceptors (Lipinski definition) is 3. The van der Waals surface area contributed by atoms with Gasteiger partial charge in [0, 0.05) is 18.8 Å². The number of carbonyl (C=O) groups is 1. The van der Waals surface area contributed by atoms with Crippen molar-refractivity contribution in [2.24, 2.45) is 0 Å². The zero-order valence-corrected chi connectivity index (χ0v) is 10.8. The van der Waals surface area contributed by atoms with Crippen molar-refractivity contribution in [2.75, 3.05) is 11.9 Å². The van der Waals surface area contributed by atoms with Crippen LogP contribution in [0.2, 0.25) is 0 Å². The van der Waals surface area contributed by atoms with Gasteiger partial charge in [0.25, 0.3) is 0 Å². The zero-order valence-electron chi connectivity index (χ0n) is 10.8. The van der Waals surface area contributed by atoms with E-state index in [4.69, 9.17) is 5.11 Å². The molecule has 0 amide bonds. The van der Waals surface area contributed by atoms with Crippen LogP contribution in [0.3, 0.4) is 0 Å². The van der Waals surface area contributed by atoms with E-state index in [9.17, 15) is 4.79 Å². The fraction of sp³-hybridized carbons (Fsp3) is 0.333. The Labute approximate surface area is 112 Å². The maximum atomic E-state index is 10.5. The Balaban J connectivity index is 1.87. The molecular formula is C15H18N2O2. The van der Waals surface area contributed by atoms with E-state index in [1.54, 1.807) is 12.3 Å². The van der Waals surface area contributed by atoms with Crippen LogP contribution in [0.5, 0.6) is 0 Å². The molecule has 100 valence electrons. The maximum Gasteiger partial charge on any atom is 0.328 e. The van der Waals surface area contributed by atoms with Crippen molar-refractivity contribution < 1.29 is 9.90 Å². The molecule has 1 aliphatic rings. The topological polar surface area (TPSA) is 62.2 Å². The van der Waals surface area contributed by atoms with Gasteiger partial charge in [0.05, 0.1) is 0 Å². The molecule has 0 saturated carbocycles. The molecule has 0 fully saturated rings. The van der Waals surface area contributed by atoms with Crippen LogP contribution in [0.25, 0.3) is 0 Å². The van der Waals surface area contributed by atoms with Crippen molar-refractivity contribution in [1.82, 2.24) is 4.98 Å². The fourth-order valence-electron chi connectivity index (χ4n) is 2.30.